The predicted molar refractivity (Wildman–Crippen MR) is 140 cm³/mol. The van der Waals surface area contributed by atoms with Gasteiger partial charge in [0.2, 0.25) is 11.8 Å². The average molecular weight is 523 g/mol. The second kappa shape index (κ2) is 11.3. The van der Waals surface area contributed by atoms with E-state index in [-0.39, 0.29) is 35.6 Å². The molecule has 5 rings (SSSR count). The highest BCUT2D eigenvalue weighted by Crippen LogP contribution is 2.30. The normalized spacial score (nSPS) is 21.9. The number of hydrogen-bond acceptors (Lipinski definition) is 9. The lowest BCUT2D eigenvalue weighted by Crippen LogP contribution is -2.50. The maximum Gasteiger partial charge on any atom is 0.253 e. The molecular formula is C26H34N8O4. The third kappa shape index (κ3) is 5.27. The minimum atomic E-state index is -0.247. The Labute approximate surface area is 220 Å². The van der Waals surface area contributed by atoms with Crippen LogP contribution in [0.25, 0.3) is 16.8 Å². The van der Waals surface area contributed by atoms with Gasteiger partial charge in [-0.2, -0.15) is 5.10 Å². The Bertz CT molecular complexity index is 1300. The minimum absolute atomic E-state index is 0.0372. The van der Waals surface area contributed by atoms with Gasteiger partial charge >= 0.3 is 0 Å². The number of pyridine rings is 1. The van der Waals surface area contributed by atoms with Crippen LogP contribution >= 0.6 is 0 Å². The number of ether oxygens (including phenoxy) is 2. The van der Waals surface area contributed by atoms with Crippen LogP contribution in [0.4, 0.5) is 5.82 Å². The molecule has 0 radical (unpaired) electrons. The van der Waals surface area contributed by atoms with Gasteiger partial charge in [-0.3, -0.25) is 15.0 Å². The van der Waals surface area contributed by atoms with Gasteiger partial charge in [-0.05, 0) is 50.7 Å². The van der Waals surface area contributed by atoms with Gasteiger partial charge in [-0.25, -0.2) is 19.5 Å². The Morgan fingerprint density at radius 3 is 2.71 bits per heavy atom. The Morgan fingerprint density at radius 1 is 1.13 bits per heavy atom. The second-order valence-electron chi connectivity index (χ2n) is 9.88. The van der Waals surface area contributed by atoms with Gasteiger partial charge in [0.1, 0.15) is 11.8 Å². The zero-order valence-corrected chi connectivity index (χ0v) is 21.7. The van der Waals surface area contributed by atoms with Gasteiger partial charge in [-0.15, -0.1) is 0 Å². The van der Waals surface area contributed by atoms with Crippen LogP contribution in [-0.2, 0) is 9.53 Å². The SMILES string of the molecule is COC[C@H]1CCCN1NC(=O)[C@H]1CC[C@@H](NC(=O)c2cc(-c3ccnc(OC)c3)n3ncnc(N)c23)CC1. The fourth-order valence-electron chi connectivity index (χ4n) is 5.47. The number of aromatic nitrogens is 4. The highest BCUT2D eigenvalue weighted by molar-refractivity contribution is 6.05. The van der Waals surface area contributed by atoms with E-state index < -0.39 is 0 Å². The van der Waals surface area contributed by atoms with Gasteiger partial charge in [0.15, 0.2) is 5.82 Å². The van der Waals surface area contributed by atoms with Crippen molar-refractivity contribution >= 4 is 23.1 Å². The summed E-state index contributed by atoms with van der Waals surface area (Å²) in [5.74, 6) is 0.401. The summed E-state index contributed by atoms with van der Waals surface area (Å²) in [5.41, 5.74) is 11.6. The van der Waals surface area contributed by atoms with Crippen molar-refractivity contribution in [3.05, 3.63) is 36.3 Å². The molecule has 202 valence electrons. The van der Waals surface area contributed by atoms with Gasteiger partial charge in [0.25, 0.3) is 5.91 Å². The number of methoxy groups -OCH3 is 2. The molecule has 1 saturated heterocycles. The summed E-state index contributed by atoms with van der Waals surface area (Å²) < 4.78 is 12.1. The molecule has 0 bridgehead atoms. The van der Waals surface area contributed by atoms with E-state index in [1.54, 1.807) is 37.1 Å². The first-order chi connectivity index (χ1) is 18.5. The van der Waals surface area contributed by atoms with Crippen LogP contribution in [0.5, 0.6) is 5.88 Å². The second-order valence-corrected chi connectivity index (χ2v) is 9.88. The molecule has 0 unspecified atom stereocenters. The lowest BCUT2D eigenvalue weighted by Gasteiger charge is -2.31. The van der Waals surface area contributed by atoms with Crippen molar-refractivity contribution in [2.45, 2.75) is 50.6 Å². The standard InChI is InChI=1S/C26H34N8O4/c1-37-14-19-4-3-11-33(19)32-25(35)16-5-7-18(8-6-16)31-26(36)20-13-21(17-9-10-28-22(12-17)38-2)34-23(20)24(27)29-15-30-34/h9-10,12-13,15-16,18-19H,3-8,11,14H2,1-2H3,(H,31,36)(H,32,35)(H2,27,29,30)/t16-,18+,19-/m1/s1. The number of hydrogen-bond donors (Lipinski definition) is 3. The van der Waals surface area contributed by atoms with Crippen molar-refractivity contribution in [3.8, 4) is 17.1 Å². The van der Waals surface area contributed by atoms with Crippen molar-refractivity contribution in [1.29, 1.82) is 0 Å². The van der Waals surface area contributed by atoms with Crippen LogP contribution in [0.1, 0.15) is 48.9 Å². The van der Waals surface area contributed by atoms with Crippen molar-refractivity contribution in [2.24, 2.45) is 5.92 Å². The van der Waals surface area contributed by atoms with E-state index in [0.29, 0.717) is 42.1 Å². The Balaban J connectivity index is 1.25. The zero-order chi connectivity index (χ0) is 26.6. The number of hydrazine groups is 1. The van der Waals surface area contributed by atoms with Crippen molar-refractivity contribution in [1.82, 2.24) is 35.3 Å². The average Bonchev–Trinajstić information content (AvgIpc) is 3.54. The molecule has 2 fully saturated rings. The van der Waals surface area contributed by atoms with Crippen molar-refractivity contribution in [3.63, 3.8) is 0 Å². The number of fused-ring (bicyclic) bond motifs is 1. The van der Waals surface area contributed by atoms with E-state index in [1.807, 2.05) is 11.1 Å². The smallest absolute Gasteiger partial charge is 0.253 e. The monoisotopic (exact) mass is 522 g/mol. The molecule has 12 nitrogen and oxygen atoms in total. The van der Waals surface area contributed by atoms with Crippen LogP contribution in [-0.4, -0.2) is 75.9 Å². The summed E-state index contributed by atoms with van der Waals surface area (Å²) in [7, 11) is 3.23. The molecule has 4 N–H and O–H groups in total. The minimum Gasteiger partial charge on any atom is -0.481 e. The molecule has 3 aromatic rings. The van der Waals surface area contributed by atoms with Gasteiger partial charge < -0.3 is 20.5 Å². The molecule has 12 heteroatoms. The molecule has 3 aromatic heterocycles. The summed E-state index contributed by atoms with van der Waals surface area (Å²) in [6.45, 7) is 1.46. The van der Waals surface area contributed by atoms with Crippen LogP contribution in [0.3, 0.4) is 0 Å². The van der Waals surface area contributed by atoms with Gasteiger partial charge in [-0.1, -0.05) is 0 Å². The molecule has 1 aliphatic carbocycles. The number of rotatable bonds is 8. The number of nitrogens with two attached hydrogens (primary N) is 1. The first kappa shape index (κ1) is 25.9. The van der Waals surface area contributed by atoms with Crippen LogP contribution in [0, 0.1) is 5.92 Å². The highest BCUT2D eigenvalue weighted by Gasteiger charge is 2.32. The quantitative estimate of drug-likeness (QED) is 0.403. The van der Waals surface area contributed by atoms with Gasteiger partial charge in [0.05, 0.1) is 31.0 Å². The Morgan fingerprint density at radius 2 is 1.95 bits per heavy atom. The van der Waals surface area contributed by atoms with Crippen molar-refractivity contribution in [2.75, 3.05) is 33.1 Å². The number of anilines is 1. The fraction of sp³-hybridized carbons (Fsp3) is 0.500. The molecule has 1 saturated carbocycles. The lowest BCUT2D eigenvalue weighted by molar-refractivity contribution is -0.131. The third-order valence-corrected chi connectivity index (χ3v) is 7.49. The van der Waals surface area contributed by atoms with Gasteiger partial charge in [0, 0.05) is 43.4 Å². The topological polar surface area (TPSA) is 149 Å². The largest absolute Gasteiger partial charge is 0.481 e. The van der Waals surface area contributed by atoms with E-state index in [0.717, 1.165) is 37.8 Å². The summed E-state index contributed by atoms with van der Waals surface area (Å²) >= 11 is 0. The highest BCUT2D eigenvalue weighted by atomic mass is 16.5. The molecular weight excluding hydrogens is 488 g/mol. The number of carbonyl (C=O) groups is 2. The molecule has 4 heterocycles. The fourth-order valence-corrected chi connectivity index (χ4v) is 5.47. The molecule has 0 aromatic carbocycles. The first-order valence-corrected chi connectivity index (χ1v) is 13.0. The molecule has 1 aliphatic heterocycles. The Kier molecular flexibility index (Phi) is 7.70. The number of nitrogens with one attached hydrogen (secondary N) is 2. The van der Waals surface area contributed by atoms with E-state index in [4.69, 9.17) is 15.2 Å². The number of amides is 2. The van der Waals surface area contributed by atoms with Crippen molar-refractivity contribution < 1.29 is 19.1 Å². The summed E-state index contributed by atoms with van der Waals surface area (Å²) in [4.78, 5) is 34.6. The number of nitrogens with zero attached hydrogens (tertiary/aromatic N) is 5. The molecule has 38 heavy (non-hydrogen) atoms. The van der Waals surface area contributed by atoms with E-state index >= 15 is 0 Å². The third-order valence-electron chi connectivity index (χ3n) is 7.49. The maximum absolute atomic E-state index is 13.4. The molecule has 2 amide bonds. The summed E-state index contributed by atoms with van der Waals surface area (Å²) in [6.07, 6.45) is 7.93. The van der Waals surface area contributed by atoms with E-state index in [2.05, 4.69) is 25.8 Å². The van der Waals surface area contributed by atoms with E-state index in [9.17, 15) is 9.59 Å². The van der Waals surface area contributed by atoms with Crippen LogP contribution in [0.15, 0.2) is 30.7 Å². The zero-order valence-electron chi connectivity index (χ0n) is 21.7. The lowest BCUT2D eigenvalue weighted by atomic mass is 9.85. The summed E-state index contributed by atoms with van der Waals surface area (Å²) in [6, 6.07) is 5.54. The summed E-state index contributed by atoms with van der Waals surface area (Å²) in [5, 5.41) is 9.49. The first-order valence-electron chi connectivity index (χ1n) is 13.0. The van der Waals surface area contributed by atoms with Crippen LogP contribution in [0.2, 0.25) is 0 Å². The Hall–Kier alpha value is -3.77. The number of nitrogen functional groups attached to an aromatic ring is 1. The molecule has 0 spiro atoms. The molecule has 2 aliphatic rings. The number of carbonyl (C=O) groups excluding carboxylic acids is 2. The van der Waals surface area contributed by atoms with Crippen LogP contribution < -0.4 is 21.2 Å². The maximum atomic E-state index is 13.4. The van der Waals surface area contributed by atoms with E-state index in [1.165, 1.54) is 6.33 Å². The molecule has 1 atom stereocenters. The predicted octanol–water partition coefficient (Wildman–Crippen LogP) is 1.81.